The number of anilines is 2. The van der Waals surface area contributed by atoms with E-state index in [1.54, 1.807) is 24.3 Å². The summed E-state index contributed by atoms with van der Waals surface area (Å²) in [7, 11) is 0. The predicted molar refractivity (Wildman–Crippen MR) is 212 cm³/mol. The van der Waals surface area contributed by atoms with Crippen LogP contribution in [0.1, 0.15) is 61.0 Å². The lowest BCUT2D eigenvalue weighted by atomic mass is 9.94. The van der Waals surface area contributed by atoms with E-state index in [1.807, 2.05) is 24.3 Å². The summed E-state index contributed by atoms with van der Waals surface area (Å²) >= 11 is 0. The largest absolute Gasteiger partial charge is 0.489 e. The Hall–Kier alpha value is -4.98. The van der Waals surface area contributed by atoms with Crippen LogP contribution in [0.2, 0.25) is 0 Å². The van der Waals surface area contributed by atoms with Crippen LogP contribution >= 0.6 is 0 Å². The molecule has 4 aromatic rings. The Bertz CT molecular complexity index is 1960. The number of β-amino-alcohol motifs (C(OH)–C–C–N with tert-alkyl or cyclic N) is 2. The molecule has 12 heteroatoms. The summed E-state index contributed by atoms with van der Waals surface area (Å²) in [6.45, 7) is 5.57. The van der Waals surface area contributed by atoms with Gasteiger partial charge in [-0.15, -0.1) is 0 Å². The highest BCUT2D eigenvalue weighted by Crippen LogP contribution is 2.35. The van der Waals surface area contributed by atoms with Gasteiger partial charge < -0.3 is 41.3 Å². The zero-order chi connectivity index (χ0) is 38.1. The van der Waals surface area contributed by atoms with E-state index < -0.39 is 12.2 Å². The molecule has 3 heterocycles. The highest BCUT2D eigenvalue weighted by atomic mass is 16.5. The van der Waals surface area contributed by atoms with Gasteiger partial charge in [0.1, 0.15) is 12.4 Å². The number of aliphatic hydroxyl groups is 3. The van der Waals surface area contributed by atoms with Crippen molar-refractivity contribution in [2.45, 2.75) is 50.6 Å². The molecule has 0 fully saturated rings. The van der Waals surface area contributed by atoms with Gasteiger partial charge in [0.2, 0.25) is 0 Å². The molecule has 0 aliphatic carbocycles. The molecule has 4 aromatic carbocycles. The summed E-state index contributed by atoms with van der Waals surface area (Å²) in [6.07, 6.45) is 1.06. The maximum atomic E-state index is 13.0. The van der Waals surface area contributed by atoms with Crippen molar-refractivity contribution < 1.29 is 29.6 Å². The number of carbonyl (C=O) groups excluding carboxylic acids is 2. The average molecular weight is 749 g/mol. The minimum atomic E-state index is -0.722. The van der Waals surface area contributed by atoms with E-state index >= 15 is 0 Å². The molecule has 0 saturated heterocycles. The van der Waals surface area contributed by atoms with Gasteiger partial charge in [0.15, 0.2) is 0 Å². The van der Waals surface area contributed by atoms with Crippen LogP contribution in [-0.2, 0) is 25.9 Å². The van der Waals surface area contributed by atoms with Crippen LogP contribution in [0, 0.1) is 0 Å². The van der Waals surface area contributed by atoms with Crippen molar-refractivity contribution in [1.82, 2.24) is 20.4 Å². The SMILES string of the molecule is O=C(NCC(O)CN1CCc2ccccc2C1)c1ccc2c(c1)OCC(c1ccc3c(c1)CN(CC(O)CNC(=O)c1cccc(NCCCO)c1)CC3)N2. The molecular formula is C43H52N6O6. The Morgan fingerprint density at radius 2 is 1.44 bits per heavy atom. The maximum absolute atomic E-state index is 13.0. The fourth-order valence-electron chi connectivity index (χ4n) is 7.63. The Morgan fingerprint density at radius 1 is 0.764 bits per heavy atom. The van der Waals surface area contributed by atoms with Gasteiger partial charge in [0, 0.05) is 82.3 Å². The normalized spacial score (nSPS) is 17.7. The van der Waals surface area contributed by atoms with Gasteiger partial charge in [-0.25, -0.2) is 0 Å². The van der Waals surface area contributed by atoms with E-state index in [-0.39, 0.29) is 37.6 Å². The Labute approximate surface area is 322 Å². The van der Waals surface area contributed by atoms with Crippen molar-refractivity contribution in [2.75, 3.05) is 69.7 Å². The molecule has 3 aliphatic rings. The standard InChI is InChI=1S/C43H52N6O6/c50-18-4-15-44-36-8-3-7-32(20-36)42(53)45-22-38(52)27-49-17-14-30-9-10-31(19-35(30)25-49)40-28-55-41-21-33(11-12-39(41)47-40)43(54)46-23-37(51)26-48-16-13-29-5-1-2-6-34(29)24-48/h1-3,5-12,19-21,37-38,40,44,47,50-52H,4,13-18,22-28H2,(H,45,53)(H,46,54). The molecule has 0 spiro atoms. The van der Waals surface area contributed by atoms with E-state index in [0.29, 0.717) is 56.1 Å². The lowest BCUT2D eigenvalue weighted by molar-refractivity contribution is 0.0839. The number of amides is 2. The monoisotopic (exact) mass is 748 g/mol. The first-order chi connectivity index (χ1) is 26.8. The Kier molecular flexibility index (Phi) is 12.6. The van der Waals surface area contributed by atoms with Crippen LogP contribution < -0.4 is 26.0 Å². The first-order valence-corrected chi connectivity index (χ1v) is 19.3. The van der Waals surface area contributed by atoms with Crippen LogP contribution in [0.15, 0.2) is 84.9 Å². The number of hydrogen-bond acceptors (Lipinski definition) is 10. The van der Waals surface area contributed by atoms with Crippen LogP contribution in [-0.4, -0.2) is 108 Å². The highest BCUT2D eigenvalue weighted by molar-refractivity contribution is 5.95. The van der Waals surface area contributed by atoms with Gasteiger partial charge in [0.25, 0.3) is 11.8 Å². The molecule has 55 heavy (non-hydrogen) atoms. The van der Waals surface area contributed by atoms with E-state index in [1.165, 1.54) is 22.3 Å². The third-order valence-corrected chi connectivity index (χ3v) is 10.6. The highest BCUT2D eigenvalue weighted by Gasteiger charge is 2.25. The molecular weight excluding hydrogens is 697 g/mol. The topological polar surface area (TPSA) is 159 Å². The molecule has 0 radical (unpaired) electrons. The second-order valence-electron chi connectivity index (χ2n) is 14.8. The summed E-state index contributed by atoms with van der Waals surface area (Å²) in [5.74, 6) is 0.119. The van der Waals surface area contributed by atoms with Crippen LogP contribution in [0.3, 0.4) is 0 Å². The molecule has 7 rings (SSSR count). The molecule has 2 amide bonds. The summed E-state index contributed by atoms with van der Waals surface area (Å²) < 4.78 is 6.17. The third kappa shape index (κ3) is 10.0. The van der Waals surface area contributed by atoms with Crippen molar-refractivity contribution in [3.63, 3.8) is 0 Å². The number of rotatable bonds is 15. The molecule has 0 bridgehead atoms. The van der Waals surface area contributed by atoms with E-state index in [2.05, 4.69) is 67.5 Å². The first-order valence-electron chi connectivity index (χ1n) is 19.3. The number of nitrogens with one attached hydrogen (secondary N) is 4. The molecule has 3 unspecified atom stereocenters. The summed E-state index contributed by atoms with van der Waals surface area (Å²) in [5, 5.41) is 43.0. The fraction of sp³-hybridized carbons (Fsp3) is 0.395. The zero-order valence-electron chi connectivity index (χ0n) is 31.2. The van der Waals surface area contributed by atoms with Gasteiger partial charge in [0.05, 0.1) is 23.9 Å². The molecule has 0 saturated carbocycles. The van der Waals surface area contributed by atoms with E-state index in [4.69, 9.17) is 9.84 Å². The van der Waals surface area contributed by atoms with Crippen LogP contribution in [0.25, 0.3) is 0 Å². The van der Waals surface area contributed by atoms with Gasteiger partial charge in [-0.2, -0.15) is 0 Å². The molecule has 3 atom stereocenters. The number of hydrogen-bond donors (Lipinski definition) is 7. The smallest absolute Gasteiger partial charge is 0.251 e. The second-order valence-corrected chi connectivity index (χ2v) is 14.8. The van der Waals surface area contributed by atoms with Crippen molar-refractivity contribution in [1.29, 1.82) is 0 Å². The lowest BCUT2D eigenvalue weighted by Crippen LogP contribution is -2.42. The number of benzene rings is 4. The molecule has 12 nitrogen and oxygen atoms in total. The summed E-state index contributed by atoms with van der Waals surface area (Å²) in [6, 6.07) is 27.4. The second kappa shape index (κ2) is 18.1. The number of nitrogens with zero attached hydrogens (tertiary/aromatic N) is 2. The minimum absolute atomic E-state index is 0.0751. The number of carbonyl (C=O) groups is 2. The summed E-state index contributed by atoms with van der Waals surface area (Å²) in [5.41, 5.74) is 8.86. The maximum Gasteiger partial charge on any atom is 0.251 e. The fourth-order valence-corrected chi connectivity index (χ4v) is 7.63. The molecule has 0 aromatic heterocycles. The third-order valence-electron chi connectivity index (χ3n) is 10.6. The lowest BCUT2D eigenvalue weighted by Gasteiger charge is -2.32. The average Bonchev–Trinajstić information content (AvgIpc) is 3.21. The van der Waals surface area contributed by atoms with Gasteiger partial charge in [-0.1, -0.05) is 48.5 Å². The number of aliphatic hydroxyl groups excluding tert-OH is 3. The van der Waals surface area contributed by atoms with Crippen molar-refractivity contribution in [2.24, 2.45) is 0 Å². The summed E-state index contributed by atoms with van der Waals surface area (Å²) in [4.78, 5) is 30.2. The minimum Gasteiger partial charge on any atom is -0.489 e. The van der Waals surface area contributed by atoms with Crippen molar-refractivity contribution in [3.05, 3.63) is 124 Å². The van der Waals surface area contributed by atoms with Gasteiger partial charge in [-0.05, 0) is 83.5 Å². The number of ether oxygens (including phenoxy) is 1. The van der Waals surface area contributed by atoms with Crippen molar-refractivity contribution in [3.8, 4) is 5.75 Å². The predicted octanol–water partition coefficient (Wildman–Crippen LogP) is 3.32. The molecule has 7 N–H and O–H groups in total. The molecule has 290 valence electrons. The van der Waals surface area contributed by atoms with Gasteiger partial charge in [-0.3, -0.25) is 19.4 Å². The quantitative estimate of drug-likeness (QED) is 0.0901. The van der Waals surface area contributed by atoms with E-state index in [0.717, 1.165) is 49.4 Å². The van der Waals surface area contributed by atoms with E-state index in [9.17, 15) is 19.8 Å². The first kappa shape index (κ1) is 38.3. The Balaban J connectivity index is 0.868. The van der Waals surface area contributed by atoms with Crippen molar-refractivity contribution >= 4 is 23.2 Å². The van der Waals surface area contributed by atoms with Gasteiger partial charge >= 0.3 is 0 Å². The van der Waals surface area contributed by atoms with Crippen LogP contribution in [0.4, 0.5) is 11.4 Å². The number of fused-ring (bicyclic) bond motifs is 3. The van der Waals surface area contributed by atoms with Crippen LogP contribution in [0.5, 0.6) is 5.75 Å². The Morgan fingerprint density at radius 3 is 2.16 bits per heavy atom. The zero-order valence-corrected chi connectivity index (χ0v) is 31.2. The molecule has 3 aliphatic heterocycles.